The minimum atomic E-state index is -1.42. The van der Waals surface area contributed by atoms with Crippen LogP contribution in [0.3, 0.4) is 0 Å². The van der Waals surface area contributed by atoms with Crippen LogP contribution in [-0.2, 0) is 4.74 Å². The van der Waals surface area contributed by atoms with E-state index < -0.39 is 7.12 Å². The average molecular weight is 282 g/mol. The van der Waals surface area contributed by atoms with Gasteiger partial charge in [-0.15, -0.1) is 0 Å². The number of hydrogen-bond donors (Lipinski definition) is 2. The smallest absolute Gasteiger partial charge is 0.488 e. The average Bonchev–Trinajstić information content (AvgIpc) is 2.45. The Balaban J connectivity index is 1.64. The third-order valence-corrected chi connectivity index (χ3v) is 4.40. The van der Waals surface area contributed by atoms with Gasteiger partial charge in [-0.3, -0.25) is 0 Å². The molecule has 1 aliphatic heterocycles. The van der Waals surface area contributed by atoms with Crippen molar-refractivity contribution in [1.82, 2.24) is 0 Å². The van der Waals surface area contributed by atoms with E-state index >= 15 is 0 Å². The van der Waals surface area contributed by atoms with Crippen molar-refractivity contribution >= 4 is 24.3 Å². The molecule has 2 N–H and O–H groups in total. The Bertz CT molecular complexity index is 365. The van der Waals surface area contributed by atoms with Gasteiger partial charge in [0.1, 0.15) is 5.75 Å². The minimum absolute atomic E-state index is 0.476. The molecule has 1 fully saturated rings. The van der Waals surface area contributed by atoms with Gasteiger partial charge in [0.15, 0.2) is 0 Å². The molecule has 0 saturated carbocycles. The van der Waals surface area contributed by atoms with Crippen LogP contribution < -0.4 is 10.2 Å². The van der Waals surface area contributed by atoms with Gasteiger partial charge in [0.2, 0.25) is 0 Å². The highest BCUT2D eigenvalue weighted by atomic mass is 32.2. The molecule has 0 aliphatic carbocycles. The van der Waals surface area contributed by atoms with Gasteiger partial charge in [-0.2, -0.15) is 11.8 Å². The van der Waals surface area contributed by atoms with E-state index in [9.17, 15) is 0 Å². The molecule has 0 unspecified atom stereocenters. The third-order valence-electron chi connectivity index (χ3n) is 3.05. The molecule has 1 aliphatic rings. The van der Waals surface area contributed by atoms with Gasteiger partial charge in [0, 0.05) is 24.2 Å². The van der Waals surface area contributed by atoms with Crippen LogP contribution in [0.25, 0.3) is 0 Å². The molecular weight excluding hydrogens is 263 g/mol. The van der Waals surface area contributed by atoms with Crippen molar-refractivity contribution in [1.29, 1.82) is 0 Å². The Kier molecular flexibility index (Phi) is 6.04. The molecule has 1 heterocycles. The molecular formula is C13H19BO4S. The number of ether oxygens (including phenoxy) is 2. The SMILES string of the molecule is OB(O)c1ccc(OCCSC2CCOCC2)cc1. The lowest BCUT2D eigenvalue weighted by molar-refractivity contribution is 0.1000. The molecule has 0 atom stereocenters. The van der Waals surface area contributed by atoms with E-state index in [1.54, 1.807) is 24.3 Å². The zero-order chi connectivity index (χ0) is 13.5. The van der Waals surface area contributed by atoms with Crippen LogP contribution in [0.2, 0.25) is 0 Å². The Morgan fingerprint density at radius 3 is 2.53 bits per heavy atom. The Hall–Kier alpha value is -0.685. The fourth-order valence-electron chi connectivity index (χ4n) is 1.95. The lowest BCUT2D eigenvalue weighted by Crippen LogP contribution is -2.29. The molecule has 0 radical (unpaired) electrons. The molecule has 0 bridgehead atoms. The molecule has 4 nitrogen and oxygen atoms in total. The predicted octanol–water partition coefficient (Wildman–Crippen LogP) is 0.657. The molecule has 1 aromatic rings. The fourth-order valence-corrected chi connectivity index (χ4v) is 2.99. The van der Waals surface area contributed by atoms with E-state index in [0.29, 0.717) is 17.3 Å². The molecule has 6 heteroatoms. The van der Waals surface area contributed by atoms with E-state index in [1.807, 2.05) is 11.8 Å². The summed E-state index contributed by atoms with van der Waals surface area (Å²) < 4.78 is 10.9. The van der Waals surface area contributed by atoms with Crippen LogP contribution in [0.4, 0.5) is 0 Å². The monoisotopic (exact) mass is 282 g/mol. The second kappa shape index (κ2) is 7.80. The molecule has 1 saturated heterocycles. The van der Waals surface area contributed by atoms with Gasteiger partial charge in [0.05, 0.1) is 6.61 Å². The second-order valence-corrected chi connectivity index (χ2v) is 5.88. The highest BCUT2D eigenvalue weighted by Crippen LogP contribution is 2.21. The maximum Gasteiger partial charge on any atom is 0.488 e. The van der Waals surface area contributed by atoms with Gasteiger partial charge in [-0.25, -0.2) is 0 Å². The van der Waals surface area contributed by atoms with Crippen molar-refractivity contribution in [3.8, 4) is 5.75 Å². The van der Waals surface area contributed by atoms with Gasteiger partial charge < -0.3 is 19.5 Å². The van der Waals surface area contributed by atoms with E-state index in [0.717, 1.165) is 37.6 Å². The Morgan fingerprint density at radius 1 is 1.21 bits per heavy atom. The zero-order valence-corrected chi connectivity index (χ0v) is 11.6. The summed E-state index contributed by atoms with van der Waals surface area (Å²) in [4.78, 5) is 0. The largest absolute Gasteiger partial charge is 0.493 e. The highest BCUT2D eigenvalue weighted by molar-refractivity contribution is 7.99. The number of rotatable bonds is 6. The van der Waals surface area contributed by atoms with E-state index in [4.69, 9.17) is 19.5 Å². The first-order valence-electron chi connectivity index (χ1n) is 6.54. The van der Waals surface area contributed by atoms with Crippen LogP contribution in [0, 0.1) is 0 Å². The standard InChI is InChI=1S/C13H19BO4S/c15-14(16)11-1-3-12(4-2-11)18-9-10-19-13-5-7-17-8-6-13/h1-4,13,15-16H,5-10H2. The highest BCUT2D eigenvalue weighted by Gasteiger charge is 2.13. The van der Waals surface area contributed by atoms with Gasteiger partial charge in [-0.05, 0) is 30.4 Å². The summed E-state index contributed by atoms with van der Waals surface area (Å²) in [5.41, 5.74) is 0.476. The molecule has 0 amide bonds. The number of thioether (sulfide) groups is 1. The Morgan fingerprint density at radius 2 is 1.89 bits per heavy atom. The lowest BCUT2D eigenvalue weighted by Gasteiger charge is -2.21. The first-order valence-corrected chi connectivity index (χ1v) is 7.59. The van der Waals surface area contributed by atoms with E-state index in [-0.39, 0.29) is 0 Å². The summed E-state index contributed by atoms with van der Waals surface area (Å²) in [6.07, 6.45) is 2.27. The summed E-state index contributed by atoms with van der Waals surface area (Å²) in [6.45, 7) is 2.43. The number of benzene rings is 1. The summed E-state index contributed by atoms with van der Waals surface area (Å²) in [5, 5.41) is 18.6. The molecule has 104 valence electrons. The van der Waals surface area contributed by atoms with Crippen LogP contribution in [-0.4, -0.2) is 48.0 Å². The lowest BCUT2D eigenvalue weighted by atomic mass is 9.80. The molecule has 0 aromatic heterocycles. The molecule has 19 heavy (non-hydrogen) atoms. The maximum atomic E-state index is 8.97. The van der Waals surface area contributed by atoms with Crippen molar-refractivity contribution in [3.63, 3.8) is 0 Å². The van der Waals surface area contributed by atoms with Crippen LogP contribution >= 0.6 is 11.8 Å². The maximum absolute atomic E-state index is 8.97. The third kappa shape index (κ3) is 5.07. The molecule has 0 spiro atoms. The Labute approximate surface area is 118 Å². The summed E-state index contributed by atoms with van der Waals surface area (Å²) >= 11 is 1.94. The van der Waals surface area contributed by atoms with Crippen LogP contribution in [0.15, 0.2) is 24.3 Å². The van der Waals surface area contributed by atoms with Crippen molar-refractivity contribution in [3.05, 3.63) is 24.3 Å². The topological polar surface area (TPSA) is 58.9 Å². The van der Waals surface area contributed by atoms with Gasteiger partial charge >= 0.3 is 7.12 Å². The van der Waals surface area contributed by atoms with Crippen molar-refractivity contribution in [2.45, 2.75) is 18.1 Å². The summed E-state index contributed by atoms with van der Waals surface area (Å²) in [6, 6.07) is 6.83. The second-order valence-electron chi connectivity index (χ2n) is 4.47. The summed E-state index contributed by atoms with van der Waals surface area (Å²) in [5.74, 6) is 1.73. The first-order chi connectivity index (χ1) is 9.25. The molecule has 2 rings (SSSR count). The number of hydrogen-bond acceptors (Lipinski definition) is 5. The van der Waals surface area contributed by atoms with Crippen molar-refractivity contribution < 1.29 is 19.5 Å². The predicted molar refractivity (Wildman–Crippen MR) is 78.1 cm³/mol. The summed E-state index contributed by atoms with van der Waals surface area (Å²) in [7, 11) is -1.42. The van der Waals surface area contributed by atoms with Gasteiger partial charge in [0.25, 0.3) is 0 Å². The molecule has 1 aromatic carbocycles. The first kappa shape index (κ1) is 14.7. The minimum Gasteiger partial charge on any atom is -0.493 e. The normalized spacial score (nSPS) is 16.3. The van der Waals surface area contributed by atoms with E-state index in [1.165, 1.54) is 0 Å². The fraction of sp³-hybridized carbons (Fsp3) is 0.538. The van der Waals surface area contributed by atoms with Crippen LogP contribution in [0.1, 0.15) is 12.8 Å². The van der Waals surface area contributed by atoms with Crippen molar-refractivity contribution in [2.24, 2.45) is 0 Å². The van der Waals surface area contributed by atoms with Crippen LogP contribution in [0.5, 0.6) is 5.75 Å². The van der Waals surface area contributed by atoms with Crippen molar-refractivity contribution in [2.75, 3.05) is 25.6 Å². The quantitative estimate of drug-likeness (QED) is 0.593. The van der Waals surface area contributed by atoms with E-state index in [2.05, 4.69) is 0 Å². The zero-order valence-electron chi connectivity index (χ0n) is 10.8. The van der Waals surface area contributed by atoms with Gasteiger partial charge in [-0.1, -0.05) is 12.1 Å².